The first-order valence-corrected chi connectivity index (χ1v) is 6.51. The Hall–Kier alpha value is -0.970. The minimum absolute atomic E-state index is 0.496. The molecule has 1 rings (SSSR count). The predicted molar refractivity (Wildman–Crippen MR) is 74.1 cm³/mol. The molecule has 0 spiro atoms. The fourth-order valence-electron chi connectivity index (χ4n) is 1.97. The number of aromatic nitrogens is 1. The maximum atomic E-state index is 5.61. The zero-order chi connectivity index (χ0) is 13.4. The van der Waals surface area contributed by atoms with E-state index in [2.05, 4.69) is 35.9 Å². The molecule has 0 fully saturated rings. The molecule has 4 nitrogen and oxygen atoms in total. The Kier molecular flexibility index (Phi) is 6.86. The molecule has 0 aliphatic carbocycles. The quantitative estimate of drug-likeness (QED) is 0.763. The first kappa shape index (κ1) is 15.1. The molecule has 18 heavy (non-hydrogen) atoms. The SMILES string of the molecule is COCCN(Cc1ccnc(CN)c1)CC(C)C. The van der Waals surface area contributed by atoms with Crippen LogP contribution in [-0.2, 0) is 17.8 Å². The number of hydrogen-bond acceptors (Lipinski definition) is 4. The molecule has 0 unspecified atom stereocenters. The van der Waals surface area contributed by atoms with Gasteiger partial charge in [-0.15, -0.1) is 0 Å². The first-order chi connectivity index (χ1) is 8.65. The summed E-state index contributed by atoms with van der Waals surface area (Å²) in [5, 5.41) is 0. The minimum atomic E-state index is 0.496. The molecular weight excluding hydrogens is 226 g/mol. The third kappa shape index (κ3) is 5.58. The summed E-state index contributed by atoms with van der Waals surface area (Å²) in [6.07, 6.45) is 1.83. The molecule has 0 amide bonds. The molecule has 0 aromatic carbocycles. The lowest BCUT2D eigenvalue weighted by Gasteiger charge is -2.24. The molecule has 1 heterocycles. The van der Waals surface area contributed by atoms with E-state index in [0.29, 0.717) is 12.5 Å². The Bertz CT molecular complexity index is 342. The molecule has 4 heteroatoms. The van der Waals surface area contributed by atoms with E-state index in [1.165, 1.54) is 5.56 Å². The number of nitrogens with zero attached hydrogens (tertiary/aromatic N) is 2. The summed E-state index contributed by atoms with van der Waals surface area (Å²) < 4.78 is 5.16. The van der Waals surface area contributed by atoms with Gasteiger partial charge in [-0.2, -0.15) is 0 Å². The van der Waals surface area contributed by atoms with Gasteiger partial charge in [0.15, 0.2) is 0 Å². The fourth-order valence-corrected chi connectivity index (χ4v) is 1.97. The topological polar surface area (TPSA) is 51.4 Å². The van der Waals surface area contributed by atoms with Crippen LogP contribution in [-0.4, -0.2) is 36.7 Å². The zero-order valence-electron chi connectivity index (χ0n) is 11.7. The second kappa shape index (κ2) is 8.19. The van der Waals surface area contributed by atoms with Crippen LogP contribution in [0, 0.1) is 5.92 Å². The molecule has 0 atom stereocenters. The van der Waals surface area contributed by atoms with Crippen molar-refractivity contribution >= 4 is 0 Å². The monoisotopic (exact) mass is 251 g/mol. The van der Waals surface area contributed by atoms with Crippen molar-refractivity contribution in [2.75, 3.05) is 26.8 Å². The third-order valence-corrected chi connectivity index (χ3v) is 2.73. The second-order valence-corrected chi connectivity index (χ2v) is 4.98. The number of rotatable bonds is 8. The second-order valence-electron chi connectivity index (χ2n) is 4.98. The lowest BCUT2D eigenvalue weighted by atomic mass is 10.1. The van der Waals surface area contributed by atoms with Gasteiger partial charge in [-0.3, -0.25) is 9.88 Å². The van der Waals surface area contributed by atoms with Crippen LogP contribution in [0.4, 0.5) is 0 Å². The van der Waals surface area contributed by atoms with Gasteiger partial charge in [0.05, 0.1) is 12.3 Å². The van der Waals surface area contributed by atoms with Crippen LogP contribution in [0.5, 0.6) is 0 Å². The van der Waals surface area contributed by atoms with Crippen LogP contribution in [0.1, 0.15) is 25.1 Å². The summed E-state index contributed by atoms with van der Waals surface area (Å²) in [6, 6.07) is 4.14. The average Bonchev–Trinajstić information content (AvgIpc) is 2.35. The van der Waals surface area contributed by atoms with E-state index in [-0.39, 0.29) is 0 Å². The van der Waals surface area contributed by atoms with E-state index >= 15 is 0 Å². The highest BCUT2D eigenvalue weighted by atomic mass is 16.5. The Morgan fingerprint density at radius 2 is 2.22 bits per heavy atom. The van der Waals surface area contributed by atoms with Crippen LogP contribution in [0.15, 0.2) is 18.3 Å². The maximum Gasteiger partial charge on any atom is 0.0589 e. The molecule has 0 saturated heterocycles. The molecule has 0 bridgehead atoms. The Labute approximate surface area is 110 Å². The van der Waals surface area contributed by atoms with Crippen LogP contribution in [0.25, 0.3) is 0 Å². The van der Waals surface area contributed by atoms with Crippen molar-refractivity contribution in [1.29, 1.82) is 0 Å². The standard InChI is InChI=1S/C14H25N3O/c1-12(2)10-17(6-7-18-3)11-13-4-5-16-14(8-13)9-15/h4-5,8,12H,6-7,9-11,15H2,1-3H3. The number of pyridine rings is 1. The largest absolute Gasteiger partial charge is 0.383 e. The summed E-state index contributed by atoms with van der Waals surface area (Å²) in [5.41, 5.74) is 7.83. The molecule has 102 valence electrons. The molecule has 2 N–H and O–H groups in total. The van der Waals surface area contributed by atoms with Crippen LogP contribution >= 0.6 is 0 Å². The Morgan fingerprint density at radius 3 is 2.83 bits per heavy atom. The predicted octanol–water partition coefficient (Wildman–Crippen LogP) is 1.64. The summed E-state index contributed by atoms with van der Waals surface area (Å²) >= 11 is 0. The Morgan fingerprint density at radius 1 is 1.44 bits per heavy atom. The molecule has 0 radical (unpaired) electrons. The number of ether oxygens (including phenoxy) is 1. The van der Waals surface area contributed by atoms with Gasteiger partial charge in [-0.05, 0) is 23.6 Å². The van der Waals surface area contributed by atoms with Crippen LogP contribution in [0.3, 0.4) is 0 Å². The zero-order valence-corrected chi connectivity index (χ0v) is 11.7. The van der Waals surface area contributed by atoms with Gasteiger partial charge in [-0.1, -0.05) is 13.8 Å². The van der Waals surface area contributed by atoms with Gasteiger partial charge in [0.1, 0.15) is 0 Å². The molecule has 1 aromatic rings. The van der Waals surface area contributed by atoms with E-state index in [1.807, 2.05) is 6.20 Å². The molecule has 0 saturated carbocycles. The van der Waals surface area contributed by atoms with Crippen molar-refractivity contribution in [3.63, 3.8) is 0 Å². The highest BCUT2D eigenvalue weighted by molar-refractivity contribution is 5.16. The minimum Gasteiger partial charge on any atom is -0.383 e. The van der Waals surface area contributed by atoms with E-state index in [0.717, 1.165) is 31.9 Å². The van der Waals surface area contributed by atoms with Gasteiger partial charge < -0.3 is 10.5 Å². The van der Waals surface area contributed by atoms with E-state index in [1.54, 1.807) is 7.11 Å². The van der Waals surface area contributed by atoms with Gasteiger partial charge >= 0.3 is 0 Å². The third-order valence-electron chi connectivity index (χ3n) is 2.73. The average molecular weight is 251 g/mol. The van der Waals surface area contributed by atoms with Gasteiger partial charge in [-0.25, -0.2) is 0 Å². The van der Waals surface area contributed by atoms with Crippen molar-refractivity contribution < 1.29 is 4.74 Å². The van der Waals surface area contributed by atoms with Gasteiger partial charge in [0.25, 0.3) is 0 Å². The number of methoxy groups -OCH3 is 1. The smallest absolute Gasteiger partial charge is 0.0589 e. The number of nitrogens with two attached hydrogens (primary N) is 1. The maximum absolute atomic E-state index is 5.61. The van der Waals surface area contributed by atoms with Crippen LogP contribution in [0.2, 0.25) is 0 Å². The lowest BCUT2D eigenvalue weighted by molar-refractivity contribution is 0.136. The molecular formula is C14H25N3O. The molecule has 1 aromatic heterocycles. The lowest BCUT2D eigenvalue weighted by Crippen LogP contribution is -2.30. The van der Waals surface area contributed by atoms with E-state index in [4.69, 9.17) is 10.5 Å². The summed E-state index contributed by atoms with van der Waals surface area (Å²) in [4.78, 5) is 6.63. The van der Waals surface area contributed by atoms with Crippen molar-refractivity contribution in [2.45, 2.75) is 26.9 Å². The highest BCUT2D eigenvalue weighted by Crippen LogP contribution is 2.08. The normalized spacial score (nSPS) is 11.4. The fraction of sp³-hybridized carbons (Fsp3) is 0.643. The summed E-state index contributed by atoms with van der Waals surface area (Å²) in [6.45, 7) is 8.68. The van der Waals surface area contributed by atoms with E-state index in [9.17, 15) is 0 Å². The van der Waals surface area contributed by atoms with Crippen molar-refractivity contribution in [2.24, 2.45) is 11.7 Å². The van der Waals surface area contributed by atoms with Gasteiger partial charge in [0.2, 0.25) is 0 Å². The Balaban J connectivity index is 2.62. The molecule has 0 aliphatic heterocycles. The summed E-state index contributed by atoms with van der Waals surface area (Å²) in [7, 11) is 1.74. The van der Waals surface area contributed by atoms with Gasteiger partial charge in [0, 0.05) is 39.5 Å². The van der Waals surface area contributed by atoms with Crippen molar-refractivity contribution in [3.05, 3.63) is 29.6 Å². The van der Waals surface area contributed by atoms with Crippen LogP contribution < -0.4 is 5.73 Å². The highest BCUT2D eigenvalue weighted by Gasteiger charge is 2.08. The van der Waals surface area contributed by atoms with Crippen molar-refractivity contribution in [3.8, 4) is 0 Å². The summed E-state index contributed by atoms with van der Waals surface area (Å²) in [5.74, 6) is 0.651. The molecule has 0 aliphatic rings. The first-order valence-electron chi connectivity index (χ1n) is 6.51. The van der Waals surface area contributed by atoms with Crippen molar-refractivity contribution in [1.82, 2.24) is 9.88 Å². The number of hydrogen-bond donors (Lipinski definition) is 1. The van der Waals surface area contributed by atoms with E-state index < -0.39 is 0 Å².